The molecule has 2 aromatic carbocycles. The molecule has 1 unspecified atom stereocenters. The van der Waals surface area contributed by atoms with Gasteiger partial charge in [-0.25, -0.2) is 4.79 Å². The van der Waals surface area contributed by atoms with Crippen molar-refractivity contribution < 1.29 is 15.0 Å². The lowest BCUT2D eigenvalue weighted by Crippen LogP contribution is -2.55. The fourth-order valence-electron chi connectivity index (χ4n) is 6.71. The number of nitrogens with one attached hydrogen (secondary N) is 1. The summed E-state index contributed by atoms with van der Waals surface area (Å²) in [6.07, 6.45) is 5.54. The van der Waals surface area contributed by atoms with Crippen molar-refractivity contribution in [3.63, 3.8) is 0 Å². The van der Waals surface area contributed by atoms with Gasteiger partial charge in [-0.05, 0) is 87.3 Å². The van der Waals surface area contributed by atoms with Crippen molar-refractivity contribution in [2.45, 2.75) is 63.3 Å². The summed E-state index contributed by atoms with van der Waals surface area (Å²) in [6.45, 7) is 5.71. The molecule has 3 aromatic rings. The largest absolute Gasteiger partial charge is 0.508 e. The van der Waals surface area contributed by atoms with Gasteiger partial charge < -0.3 is 25.0 Å². The van der Waals surface area contributed by atoms with E-state index in [0.29, 0.717) is 13.0 Å². The average molecular weight is 568 g/mol. The number of H-pyrrole nitrogens is 1. The minimum atomic E-state index is -0.922. The van der Waals surface area contributed by atoms with Crippen LogP contribution in [0.2, 0.25) is 0 Å². The third-order valence-electron chi connectivity index (χ3n) is 8.58. The number of likely N-dealkylation sites (tertiary alicyclic amines) is 1. The van der Waals surface area contributed by atoms with Crippen LogP contribution in [0.25, 0.3) is 10.9 Å². The van der Waals surface area contributed by atoms with E-state index in [1.807, 2.05) is 36.1 Å². The van der Waals surface area contributed by atoms with E-state index in [-0.39, 0.29) is 11.8 Å². The van der Waals surface area contributed by atoms with Crippen molar-refractivity contribution >= 4 is 32.9 Å². The Morgan fingerprint density at radius 3 is 2.62 bits per heavy atom. The number of aliphatic hydroxyl groups excluding tert-OH is 1. The fourth-order valence-corrected chi connectivity index (χ4v) is 7.07. The molecule has 4 heterocycles. The molecule has 8 heteroatoms. The van der Waals surface area contributed by atoms with Gasteiger partial charge in [0.25, 0.3) is 0 Å². The Morgan fingerprint density at radius 2 is 1.86 bits per heavy atom. The SMILES string of the molecule is C[C@@]12Cc3c([nH]c4ccc(Br)cc34)[C@@H](c3cccc(O)c3)N1C(=O)N(CCCN1CCCCCC1)C2O. The number of aromatic nitrogens is 1. The van der Waals surface area contributed by atoms with Crippen LogP contribution in [0.15, 0.2) is 46.9 Å². The molecule has 3 aliphatic rings. The molecule has 7 nitrogen and oxygen atoms in total. The smallest absolute Gasteiger partial charge is 0.323 e. The lowest BCUT2D eigenvalue weighted by atomic mass is 9.80. The maximum Gasteiger partial charge on any atom is 0.323 e. The monoisotopic (exact) mass is 566 g/mol. The second-order valence-corrected chi connectivity index (χ2v) is 12.0. The molecule has 3 N–H and O–H groups in total. The first kappa shape index (κ1) is 24.8. The van der Waals surface area contributed by atoms with Crippen molar-refractivity contribution in [2.75, 3.05) is 26.2 Å². The zero-order valence-corrected chi connectivity index (χ0v) is 22.9. The number of aromatic amines is 1. The summed E-state index contributed by atoms with van der Waals surface area (Å²) in [5.41, 5.74) is 3.08. The number of aromatic hydroxyl groups is 1. The number of phenolic OH excluding ortho intramolecular Hbond substituents is 1. The highest BCUT2D eigenvalue weighted by molar-refractivity contribution is 9.10. The van der Waals surface area contributed by atoms with E-state index in [9.17, 15) is 15.0 Å². The third-order valence-corrected chi connectivity index (χ3v) is 9.07. The van der Waals surface area contributed by atoms with Gasteiger partial charge in [-0.3, -0.25) is 4.90 Å². The van der Waals surface area contributed by atoms with E-state index in [4.69, 9.17) is 0 Å². The Kier molecular flexibility index (Phi) is 6.45. The number of rotatable bonds is 5. The molecule has 2 saturated heterocycles. The molecule has 0 aliphatic carbocycles. The highest BCUT2D eigenvalue weighted by atomic mass is 79.9. The number of nitrogens with zero attached hydrogens (tertiary/aromatic N) is 3. The topological polar surface area (TPSA) is 83.0 Å². The molecule has 0 bridgehead atoms. The molecule has 0 radical (unpaired) electrons. The standard InChI is InChI=1S/C29H35BrN4O3/c1-29-18-23-22-17-20(30)10-11-24(22)31-25(23)26(19-8-6-9-21(35)16-19)34(29)28(37)33(27(29)36)15-7-14-32-12-4-2-3-5-13-32/h6,8-11,16-17,26-27,31,35-36H,2-5,7,12-15,18H2,1H3/t26-,27?,29+/m1/s1. The maximum atomic E-state index is 14.0. The van der Waals surface area contributed by atoms with Crippen molar-refractivity contribution in [3.05, 3.63) is 63.8 Å². The third kappa shape index (κ3) is 4.23. The summed E-state index contributed by atoms with van der Waals surface area (Å²) in [4.78, 5) is 23.6. The Labute approximate surface area is 226 Å². The van der Waals surface area contributed by atoms with Gasteiger partial charge in [0.05, 0.1) is 5.54 Å². The first-order valence-electron chi connectivity index (χ1n) is 13.5. The van der Waals surface area contributed by atoms with Gasteiger partial charge in [-0.2, -0.15) is 0 Å². The Morgan fingerprint density at radius 1 is 1.08 bits per heavy atom. The van der Waals surface area contributed by atoms with Crippen LogP contribution < -0.4 is 0 Å². The predicted molar refractivity (Wildman–Crippen MR) is 148 cm³/mol. The maximum absolute atomic E-state index is 14.0. The van der Waals surface area contributed by atoms with E-state index in [1.165, 1.54) is 25.7 Å². The molecule has 0 saturated carbocycles. The zero-order valence-electron chi connectivity index (χ0n) is 21.3. The summed E-state index contributed by atoms with van der Waals surface area (Å²) in [5, 5.41) is 23.1. The van der Waals surface area contributed by atoms with Crippen molar-refractivity contribution in [1.29, 1.82) is 0 Å². The molecule has 37 heavy (non-hydrogen) atoms. The summed E-state index contributed by atoms with van der Waals surface area (Å²) < 4.78 is 0.987. The summed E-state index contributed by atoms with van der Waals surface area (Å²) in [5.74, 6) is 0.159. The number of amides is 2. The molecule has 0 spiro atoms. The van der Waals surface area contributed by atoms with Crippen LogP contribution in [-0.2, 0) is 6.42 Å². The average Bonchev–Trinajstić information content (AvgIpc) is 3.14. The van der Waals surface area contributed by atoms with Gasteiger partial charge in [0, 0.05) is 34.0 Å². The highest BCUT2D eigenvalue weighted by Gasteiger charge is 2.59. The number of halogens is 1. The number of hydrogen-bond donors (Lipinski definition) is 3. The van der Waals surface area contributed by atoms with Crippen LogP contribution in [0.3, 0.4) is 0 Å². The number of carbonyl (C=O) groups is 1. The van der Waals surface area contributed by atoms with Crippen LogP contribution in [0, 0.1) is 0 Å². The minimum Gasteiger partial charge on any atom is -0.508 e. The predicted octanol–water partition coefficient (Wildman–Crippen LogP) is 5.36. The molecule has 1 aromatic heterocycles. The van der Waals surface area contributed by atoms with Gasteiger partial charge in [0.2, 0.25) is 0 Å². The number of phenols is 1. The number of hydrogen-bond acceptors (Lipinski definition) is 4. The molecule has 3 atom stereocenters. The normalized spacial score (nSPS) is 26.4. The van der Waals surface area contributed by atoms with E-state index in [2.05, 4.69) is 31.9 Å². The molecule has 6 rings (SSSR count). The van der Waals surface area contributed by atoms with Gasteiger partial charge in [0.1, 0.15) is 11.8 Å². The Balaban J connectivity index is 1.36. The van der Waals surface area contributed by atoms with Gasteiger partial charge >= 0.3 is 6.03 Å². The minimum absolute atomic E-state index is 0.148. The second-order valence-electron chi connectivity index (χ2n) is 11.1. The summed E-state index contributed by atoms with van der Waals surface area (Å²) in [7, 11) is 0. The first-order chi connectivity index (χ1) is 17.9. The molecule has 3 aliphatic heterocycles. The number of aliphatic hydroxyl groups is 1. The van der Waals surface area contributed by atoms with E-state index >= 15 is 0 Å². The number of fused-ring (bicyclic) bond motifs is 4. The molecular formula is C29H35BrN4O3. The van der Waals surface area contributed by atoms with E-state index in [0.717, 1.165) is 58.3 Å². The lowest BCUT2D eigenvalue weighted by molar-refractivity contribution is -0.0250. The molecule has 2 amide bonds. The van der Waals surface area contributed by atoms with Crippen molar-refractivity contribution in [3.8, 4) is 5.75 Å². The number of carbonyl (C=O) groups excluding carboxylic acids is 1. The Hall–Kier alpha value is -2.55. The lowest BCUT2D eigenvalue weighted by Gasteiger charge is -2.44. The Bertz CT molecular complexity index is 1320. The highest BCUT2D eigenvalue weighted by Crippen LogP contribution is 2.50. The van der Waals surface area contributed by atoms with Crippen LogP contribution in [0.1, 0.15) is 61.9 Å². The molecular weight excluding hydrogens is 532 g/mol. The quantitative estimate of drug-likeness (QED) is 0.388. The van der Waals surface area contributed by atoms with Crippen molar-refractivity contribution in [2.24, 2.45) is 0 Å². The number of urea groups is 1. The second kappa shape index (κ2) is 9.64. The summed E-state index contributed by atoms with van der Waals surface area (Å²) >= 11 is 3.61. The van der Waals surface area contributed by atoms with E-state index in [1.54, 1.807) is 17.0 Å². The van der Waals surface area contributed by atoms with Crippen molar-refractivity contribution in [1.82, 2.24) is 19.7 Å². The zero-order chi connectivity index (χ0) is 25.7. The fraction of sp³-hybridized carbons (Fsp3) is 0.483. The van der Waals surface area contributed by atoms with Crippen LogP contribution in [0.5, 0.6) is 5.75 Å². The summed E-state index contributed by atoms with van der Waals surface area (Å²) in [6, 6.07) is 12.7. The van der Waals surface area contributed by atoms with Crippen LogP contribution in [-0.4, -0.2) is 73.9 Å². The molecule has 2 fully saturated rings. The first-order valence-corrected chi connectivity index (χ1v) is 14.3. The van der Waals surface area contributed by atoms with Crippen LogP contribution >= 0.6 is 15.9 Å². The van der Waals surface area contributed by atoms with Gasteiger partial charge in [-0.1, -0.05) is 40.9 Å². The molecule has 196 valence electrons. The van der Waals surface area contributed by atoms with Crippen LogP contribution in [0.4, 0.5) is 4.79 Å². The van der Waals surface area contributed by atoms with E-state index < -0.39 is 17.8 Å². The van der Waals surface area contributed by atoms with Gasteiger partial charge in [-0.15, -0.1) is 0 Å². The van der Waals surface area contributed by atoms with Gasteiger partial charge in [0.15, 0.2) is 6.23 Å². The number of benzene rings is 2.